The van der Waals surface area contributed by atoms with Crippen LogP contribution in [0.5, 0.6) is 5.75 Å². The van der Waals surface area contributed by atoms with E-state index in [-0.39, 0.29) is 6.61 Å². The molecule has 0 unspecified atom stereocenters. The van der Waals surface area contributed by atoms with Gasteiger partial charge in [0.2, 0.25) is 0 Å². The van der Waals surface area contributed by atoms with E-state index in [1.165, 1.54) is 5.56 Å². The van der Waals surface area contributed by atoms with Gasteiger partial charge in [-0.25, -0.2) is 0 Å². The van der Waals surface area contributed by atoms with Crippen molar-refractivity contribution in [1.29, 1.82) is 0 Å². The molecule has 1 aromatic rings. The van der Waals surface area contributed by atoms with Crippen LogP contribution in [0, 0.1) is 12.8 Å². The average molecular weight is 358 g/mol. The molecule has 0 spiro atoms. The summed E-state index contributed by atoms with van der Waals surface area (Å²) in [5, 5.41) is 12.3. The number of aliphatic hydroxyl groups is 1. The van der Waals surface area contributed by atoms with Crippen molar-refractivity contribution in [2.45, 2.75) is 46.6 Å². The average Bonchev–Trinajstić information content (AvgIpc) is 2.40. The first-order chi connectivity index (χ1) is 10.0. The Morgan fingerprint density at radius 2 is 2.00 bits per heavy atom. The van der Waals surface area contributed by atoms with E-state index in [0.29, 0.717) is 12.5 Å². The fourth-order valence-corrected chi connectivity index (χ4v) is 2.82. The molecule has 0 aliphatic heterocycles. The minimum atomic E-state index is 0.266. The maximum absolute atomic E-state index is 8.79. The molecule has 4 heteroatoms. The SMILES string of the molecule is Cc1cc(Br)cc(CNCC(C)C)c1OCCCCCO. The number of hydrogen-bond donors (Lipinski definition) is 2. The van der Waals surface area contributed by atoms with E-state index in [4.69, 9.17) is 9.84 Å². The summed E-state index contributed by atoms with van der Waals surface area (Å²) in [5.74, 6) is 1.64. The molecule has 3 nitrogen and oxygen atoms in total. The zero-order valence-electron chi connectivity index (χ0n) is 13.4. The molecule has 2 N–H and O–H groups in total. The second kappa shape index (κ2) is 10.2. The molecule has 1 rings (SSSR count). The van der Waals surface area contributed by atoms with Crippen LogP contribution in [-0.2, 0) is 6.54 Å². The van der Waals surface area contributed by atoms with E-state index >= 15 is 0 Å². The first-order valence-electron chi connectivity index (χ1n) is 7.78. The molecule has 0 aromatic heterocycles. The lowest BCUT2D eigenvalue weighted by Gasteiger charge is -2.16. The molecule has 0 radical (unpaired) electrons. The summed E-state index contributed by atoms with van der Waals surface area (Å²) < 4.78 is 7.08. The van der Waals surface area contributed by atoms with Crippen LogP contribution in [0.1, 0.15) is 44.2 Å². The van der Waals surface area contributed by atoms with Crippen LogP contribution in [0.3, 0.4) is 0 Å². The maximum Gasteiger partial charge on any atom is 0.126 e. The topological polar surface area (TPSA) is 41.5 Å². The predicted molar refractivity (Wildman–Crippen MR) is 91.9 cm³/mol. The van der Waals surface area contributed by atoms with Gasteiger partial charge in [0.1, 0.15) is 5.75 Å². The van der Waals surface area contributed by atoms with E-state index in [0.717, 1.165) is 48.1 Å². The Labute approximate surface area is 137 Å². The summed E-state index contributed by atoms with van der Waals surface area (Å²) >= 11 is 3.56. The van der Waals surface area contributed by atoms with Gasteiger partial charge in [0.05, 0.1) is 6.61 Å². The van der Waals surface area contributed by atoms with E-state index < -0.39 is 0 Å². The Balaban J connectivity index is 2.62. The Hall–Kier alpha value is -0.580. The smallest absolute Gasteiger partial charge is 0.126 e. The number of aliphatic hydroxyl groups excluding tert-OH is 1. The van der Waals surface area contributed by atoms with E-state index in [1.807, 2.05) is 0 Å². The molecule has 0 aliphatic carbocycles. The molecule has 0 saturated heterocycles. The van der Waals surface area contributed by atoms with Crippen LogP contribution in [-0.4, -0.2) is 24.9 Å². The minimum absolute atomic E-state index is 0.266. The molecule has 0 fully saturated rings. The molecule has 0 aliphatic rings. The fourth-order valence-electron chi connectivity index (χ4n) is 2.20. The van der Waals surface area contributed by atoms with Gasteiger partial charge in [-0.15, -0.1) is 0 Å². The molecular weight excluding hydrogens is 330 g/mol. The highest BCUT2D eigenvalue weighted by Crippen LogP contribution is 2.28. The quantitative estimate of drug-likeness (QED) is 0.620. The lowest BCUT2D eigenvalue weighted by molar-refractivity contribution is 0.264. The molecule has 0 saturated carbocycles. The van der Waals surface area contributed by atoms with Gasteiger partial charge < -0.3 is 15.2 Å². The zero-order chi connectivity index (χ0) is 15.7. The molecule has 120 valence electrons. The van der Waals surface area contributed by atoms with Crippen molar-refractivity contribution in [1.82, 2.24) is 5.32 Å². The van der Waals surface area contributed by atoms with Crippen LogP contribution in [0.15, 0.2) is 16.6 Å². The maximum atomic E-state index is 8.79. The predicted octanol–water partition coefficient (Wildman–Crippen LogP) is 4.04. The van der Waals surface area contributed by atoms with Crippen LogP contribution in [0.25, 0.3) is 0 Å². The normalized spacial score (nSPS) is 11.1. The van der Waals surface area contributed by atoms with Gasteiger partial charge in [-0.3, -0.25) is 0 Å². The summed E-state index contributed by atoms with van der Waals surface area (Å²) in [5.41, 5.74) is 2.36. The lowest BCUT2D eigenvalue weighted by Crippen LogP contribution is -2.19. The van der Waals surface area contributed by atoms with Gasteiger partial charge >= 0.3 is 0 Å². The number of rotatable bonds is 10. The number of ether oxygens (including phenoxy) is 1. The van der Waals surface area contributed by atoms with Gasteiger partial charge in [-0.05, 0) is 56.3 Å². The first-order valence-corrected chi connectivity index (χ1v) is 8.57. The summed E-state index contributed by atoms with van der Waals surface area (Å²) in [4.78, 5) is 0. The molecular formula is C17H28BrNO2. The van der Waals surface area contributed by atoms with Crippen molar-refractivity contribution < 1.29 is 9.84 Å². The fraction of sp³-hybridized carbons (Fsp3) is 0.647. The summed E-state index contributed by atoms with van der Waals surface area (Å²) in [7, 11) is 0. The minimum Gasteiger partial charge on any atom is -0.493 e. The highest BCUT2D eigenvalue weighted by molar-refractivity contribution is 9.10. The van der Waals surface area contributed by atoms with Gasteiger partial charge in [0, 0.05) is 23.2 Å². The largest absolute Gasteiger partial charge is 0.493 e. The van der Waals surface area contributed by atoms with Gasteiger partial charge in [0.15, 0.2) is 0 Å². The van der Waals surface area contributed by atoms with Gasteiger partial charge in [0.25, 0.3) is 0 Å². The van der Waals surface area contributed by atoms with Gasteiger partial charge in [-0.1, -0.05) is 29.8 Å². The third-order valence-electron chi connectivity index (χ3n) is 3.23. The number of benzene rings is 1. The Morgan fingerprint density at radius 3 is 2.67 bits per heavy atom. The first kappa shape index (κ1) is 18.5. The van der Waals surface area contributed by atoms with Gasteiger partial charge in [-0.2, -0.15) is 0 Å². The second-order valence-electron chi connectivity index (χ2n) is 5.87. The lowest BCUT2D eigenvalue weighted by atomic mass is 10.1. The number of hydrogen-bond acceptors (Lipinski definition) is 3. The molecule has 0 amide bonds. The Bertz CT molecular complexity index is 421. The zero-order valence-corrected chi connectivity index (χ0v) is 15.0. The van der Waals surface area contributed by atoms with Crippen LogP contribution < -0.4 is 10.1 Å². The van der Waals surface area contributed by atoms with Crippen molar-refractivity contribution in [3.63, 3.8) is 0 Å². The second-order valence-corrected chi connectivity index (χ2v) is 6.78. The summed E-state index contributed by atoms with van der Waals surface area (Å²) in [6.45, 7) is 9.29. The molecule has 1 aromatic carbocycles. The Kier molecular flexibility index (Phi) is 8.97. The molecule has 0 heterocycles. The third kappa shape index (κ3) is 7.30. The number of nitrogens with one attached hydrogen (secondary N) is 1. The number of unbranched alkanes of at least 4 members (excludes halogenated alkanes) is 2. The van der Waals surface area contributed by atoms with Crippen molar-refractivity contribution in [2.75, 3.05) is 19.8 Å². The van der Waals surface area contributed by atoms with E-state index in [9.17, 15) is 0 Å². The van der Waals surface area contributed by atoms with Crippen molar-refractivity contribution in [3.05, 3.63) is 27.7 Å². The highest BCUT2D eigenvalue weighted by atomic mass is 79.9. The van der Waals surface area contributed by atoms with Crippen LogP contribution in [0.4, 0.5) is 0 Å². The van der Waals surface area contributed by atoms with Crippen molar-refractivity contribution in [2.24, 2.45) is 5.92 Å². The molecule has 0 atom stereocenters. The third-order valence-corrected chi connectivity index (χ3v) is 3.69. The number of aryl methyl sites for hydroxylation is 1. The van der Waals surface area contributed by atoms with Crippen molar-refractivity contribution >= 4 is 15.9 Å². The summed E-state index contributed by atoms with van der Waals surface area (Å²) in [6, 6.07) is 4.22. The molecule has 0 bridgehead atoms. The monoisotopic (exact) mass is 357 g/mol. The number of halogens is 1. The molecule has 21 heavy (non-hydrogen) atoms. The van der Waals surface area contributed by atoms with Crippen LogP contribution in [0.2, 0.25) is 0 Å². The van der Waals surface area contributed by atoms with Crippen molar-refractivity contribution in [3.8, 4) is 5.75 Å². The van der Waals surface area contributed by atoms with Crippen LogP contribution >= 0.6 is 15.9 Å². The standard InChI is InChI=1S/C17H28BrNO2/c1-13(2)11-19-12-15-10-16(18)9-14(3)17(15)21-8-6-4-5-7-20/h9-10,13,19-20H,4-8,11-12H2,1-3H3. The summed E-state index contributed by atoms with van der Waals surface area (Å²) in [6.07, 6.45) is 2.84. The van der Waals surface area contributed by atoms with E-state index in [2.05, 4.69) is 54.2 Å². The Morgan fingerprint density at radius 1 is 1.24 bits per heavy atom. The highest BCUT2D eigenvalue weighted by Gasteiger charge is 2.09. The van der Waals surface area contributed by atoms with E-state index in [1.54, 1.807) is 0 Å².